The lowest BCUT2D eigenvalue weighted by molar-refractivity contribution is -0.149. The molecule has 10 heteroatoms. The van der Waals surface area contributed by atoms with Gasteiger partial charge in [0.25, 0.3) is 5.91 Å². The van der Waals surface area contributed by atoms with Gasteiger partial charge in [-0.2, -0.15) is 4.72 Å². The maximum absolute atomic E-state index is 12.4. The summed E-state index contributed by atoms with van der Waals surface area (Å²) < 4.78 is 31.9. The fourth-order valence-electron chi connectivity index (χ4n) is 2.67. The van der Waals surface area contributed by atoms with Gasteiger partial charge in [-0.3, -0.25) is 9.59 Å². The van der Waals surface area contributed by atoms with Crippen LogP contribution in [0.3, 0.4) is 0 Å². The van der Waals surface area contributed by atoms with Gasteiger partial charge in [0.2, 0.25) is 10.0 Å². The number of carbonyl (C=O) groups excluding carboxylic acids is 2. The zero-order valence-corrected chi connectivity index (χ0v) is 19.4. The molecular weight excluding hydrogens is 463 g/mol. The molecule has 2 aromatic rings. The Bertz CT molecular complexity index is 1020. The standard InChI is InChI=1S/C21H24Cl2N2O5S/c1-14(8-9-16-6-4-3-5-7-16)24-20(26)13-30-21(27)15(2)25-31(28,29)17-10-11-18(22)19(23)12-17/h3-7,10-12,14-15,25H,8-9,13H2,1-2H3,(H,24,26)/t14-,15-/m0/s1. The second kappa shape index (κ2) is 11.5. The van der Waals surface area contributed by atoms with E-state index in [1.165, 1.54) is 25.1 Å². The van der Waals surface area contributed by atoms with Gasteiger partial charge in [-0.15, -0.1) is 0 Å². The first-order valence-electron chi connectivity index (χ1n) is 9.56. The predicted octanol–water partition coefficient (Wildman–Crippen LogP) is 3.34. The van der Waals surface area contributed by atoms with Crippen LogP contribution in [-0.2, 0) is 30.8 Å². The number of ether oxygens (including phenoxy) is 1. The first-order chi connectivity index (χ1) is 14.6. The van der Waals surface area contributed by atoms with E-state index in [0.29, 0.717) is 0 Å². The van der Waals surface area contributed by atoms with Crippen LogP contribution in [0, 0.1) is 0 Å². The number of hydrogen-bond acceptors (Lipinski definition) is 5. The maximum atomic E-state index is 12.4. The molecule has 0 aliphatic rings. The first kappa shape index (κ1) is 25.1. The van der Waals surface area contributed by atoms with Gasteiger partial charge in [-0.25, -0.2) is 8.42 Å². The minimum absolute atomic E-state index is 0.0674. The number of rotatable bonds is 10. The summed E-state index contributed by atoms with van der Waals surface area (Å²) in [4.78, 5) is 24.0. The largest absolute Gasteiger partial charge is 0.454 e. The quantitative estimate of drug-likeness (QED) is 0.501. The van der Waals surface area contributed by atoms with Gasteiger partial charge in [0.15, 0.2) is 6.61 Å². The summed E-state index contributed by atoms with van der Waals surface area (Å²) in [6.45, 7) is 2.67. The number of aryl methyl sites for hydroxylation is 1. The lowest BCUT2D eigenvalue weighted by atomic mass is 10.1. The van der Waals surface area contributed by atoms with E-state index in [-0.39, 0.29) is 21.0 Å². The SMILES string of the molecule is C[C@H](NS(=O)(=O)c1ccc(Cl)c(Cl)c1)C(=O)OCC(=O)N[C@@H](C)CCc1ccccc1. The van der Waals surface area contributed by atoms with E-state index in [1.807, 2.05) is 37.3 Å². The Morgan fingerprint density at radius 3 is 2.35 bits per heavy atom. The van der Waals surface area contributed by atoms with E-state index in [1.54, 1.807) is 0 Å². The van der Waals surface area contributed by atoms with Crippen molar-refractivity contribution >= 4 is 45.1 Å². The summed E-state index contributed by atoms with van der Waals surface area (Å²) in [5.41, 5.74) is 1.16. The van der Waals surface area contributed by atoms with Crippen molar-refractivity contribution in [3.63, 3.8) is 0 Å². The third-order valence-electron chi connectivity index (χ3n) is 4.35. The highest BCUT2D eigenvalue weighted by Crippen LogP contribution is 2.24. The van der Waals surface area contributed by atoms with Crippen molar-refractivity contribution in [3.05, 3.63) is 64.1 Å². The number of nitrogens with one attached hydrogen (secondary N) is 2. The van der Waals surface area contributed by atoms with Crippen molar-refractivity contribution in [2.45, 2.75) is 43.7 Å². The van der Waals surface area contributed by atoms with Crippen molar-refractivity contribution in [3.8, 4) is 0 Å². The minimum Gasteiger partial charge on any atom is -0.454 e. The van der Waals surface area contributed by atoms with Gasteiger partial charge < -0.3 is 10.1 Å². The molecule has 2 N–H and O–H groups in total. The highest BCUT2D eigenvalue weighted by molar-refractivity contribution is 7.89. The van der Waals surface area contributed by atoms with Crippen LogP contribution in [0.2, 0.25) is 10.0 Å². The van der Waals surface area contributed by atoms with Gasteiger partial charge >= 0.3 is 5.97 Å². The Hall–Kier alpha value is -2.13. The number of benzene rings is 2. The average Bonchev–Trinajstić information content (AvgIpc) is 2.72. The van der Waals surface area contributed by atoms with Crippen LogP contribution in [0.5, 0.6) is 0 Å². The molecule has 0 fully saturated rings. The summed E-state index contributed by atoms with van der Waals surface area (Å²) in [7, 11) is -4.03. The summed E-state index contributed by atoms with van der Waals surface area (Å²) in [6.07, 6.45) is 1.53. The topological polar surface area (TPSA) is 102 Å². The first-order valence-corrected chi connectivity index (χ1v) is 11.8. The molecule has 0 unspecified atom stereocenters. The molecule has 2 aromatic carbocycles. The molecule has 2 atom stereocenters. The summed E-state index contributed by atoms with van der Waals surface area (Å²) >= 11 is 11.6. The molecule has 0 heterocycles. The Balaban J connectivity index is 1.78. The predicted molar refractivity (Wildman–Crippen MR) is 120 cm³/mol. The van der Waals surface area contributed by atoms with Gasteiger partial charge in [0.05, 0.1) is 14.9 Å². The van der Waals surface area contributed by atoms with Gasteiger partial charge in [0, 0.05) is 6.04 Å². The number of carbonyl (C=O) groups is 2. The fraction of sp³-hybridized carbons (Fsp3) is 0.333. The van der Waals surface area contributed by atoms with E-state index in [4.69, 9.17) is 27.9 Å². The maximum Gasteiger partial charge on any atom is 0.324 e. The Kier molecular flexibility index (Phi) is 9.31. The fourth-order valence-corrected chi connectivity index (χ4v) is 4.25. The molecule has 0 spiro atoms. The Labute approximate surface area is 192 Å². The second-order valence-electron chi connectivity index (χ2n) is 7.02. The highest BCUT2D eigenvalue weighted by atomic mass is 35.5. The van der Waals surface area contributed by atoms with Crippen LogP contribution >= 0.6 is 23.2 Å². The lowest BCUT2D eigenvalue weighted by Gasteiger charge is -2.16. The highest BCUT2D eigenvalue weighted by Gasteiger charge is 2.24. The smallest absolute Gasteiger partial charge is 0.324 e. The molecule has 2 rings (SSSR count). The molecule has 7 nitrogen and oxygen atoms in total. The minimum atomic E-state index is -4.03. The van der Waals surface area contributed by atoms with Crippen LogP contribution < -0.4 is 10.0 Å². The zero-order valence-electron chi connectivity index (χ0n) is 17.1. The molecule has 0 aromatic heterocycles. The van der Waals surface area contributed by atoms with E-state index in [9.17, 15) is 18.0 Å². The van der Waals surface area contributed by atoms with Crippen molar-refractivity contribution in [2.75, 3.05) is 6.61 Å². The van der Waals surface area contributed by atoms with E-state index < -0.39 is 34.5 Å². The number of halogens is 2. The average molecular weight is 487 g/mol. The van der Waals surface area contributed by atoms with E-state index in [2.05, 4.69) is 10.0 Å². The monoisotopic (exact) mass is 486 g/mol. The number of amides is 1. The molecule has 0 bridgehead atoms. The third kappa shape index (κ3) is 8.14. The van der Waals surface area contributed by atoms with Gasteiger partial charge in [0.1, 0.15) is 6.04 Å². The van der Waals surface area contributed by atoms with Crippen LogP contribution in [-0.4, -0.2) is 39.0 Å². The van der Waals surface area contributed by atoms with Gasteiger partial charge in [-0.05, 0) is 50.5 Å². The van der Waals surface area contributed by atoms with Gasteiger partial charge in [-0.1, -0.05) is 53.5 Å². The second-order valence-corrected chi connectivity index (χ2v) is 9.55. The van der Waals surface area contributed by atoms with Crippen molar-refractivity contribution in [1.29, 1.82) is 0 Å². The van der Waals surface area contributed by atoms with E-state index in [0.717, 1.165) is 18.4 Å². The number of sulfonamides is 1. The third-order valence-corrected chi connectivity index (χ3v) is 6.63. The van der Waals surface area contributed by atoms with Crippen molar-refractivity contribution in [1.82, 2.24) is 10.0 Å². The lowest BCUT2D eigenvalue weighted by Crippen LogP contribution is -2.41. The molecule has 1 amide bonds. The summed E-state index contributed by atoms with van der Waals surface area (Å²) in [6, 6.07) is 12.3. The molecule has 0 aliphatic carbocycles. The molecule has 31 heavy (non-hydrogen) atoms. The normalized spacial score (nSPS) is 13.3. The van der Waals surface area contributed by atoms with Crippen LogP contribution in [0.25, 0.3) is 0 Å². The Morgan fingerprint density at radius 1 is 1.03 bits per heavy atom. The van der Waals surface area contributed by atoms with Crippen molar-refractivity contribution in [2.24, 2.45) is 0 Å². The molecule has 0 aliphatic heterocycles. The van der Waals surface area contributed by atoms with Crippen molar-refractivity contribution < 1.29 is 22.7 Å². The molecule has 0 radical (unpaired) electrons. The number of hydrogen-bond donors (Lipinski definition) is 2. The summed E-state index contributed by atoms with van der Waals surface area (Å²) in [5, 5.41) is 3.02. The molecule has 0 saturated carbocycles. The van der Waals surface area contributed by atoms with E-state index >= 15 is 0 Å². The van der Waals surface area contributed by atoms with Crippen LogP contribution in [0.15, 0.2) is 53.4 Å². The van der Waals surface area contributed by atoms with Crippen LogP contribution in [0.1, 0.15) is 25.8 Å². The van der Waals surface area contributed by atoms with Crippen LogP contribution in [0.4, 0.5) is 0 Å². The molecule has 168 valence electrons. The molecule has 0 saturated heterocycles. The summed E-state index contributed by atoms with van der Waals surface area (Å²) in [5.74, 6) is -1.34. The zero-order chi connectivity index (χ0) is 23.0. The molecular formula is C21H24Cl2N2O5S. The number of esters is 1. The Morgan fingerprint density at radius 2 is 1.71 bits per heavy atom.